The molecule has 1 aliphatic carbocycles. The molecule has 0 spiro atoms. The first-order valence-corrected chi connectivity index (χ1v) is 4.56. The first-order valence-electron chi connectivity index (χ1n) is 4.56. The van der Waals surface area contributed by atoms with E-state index in [0.29, 0.717) is 18.5 Å². The van der Waals surface area contributed by atoms with E-state index < -0.39 is 0 Å². The maximum Gasteiger partial charge on any atom is 0.315 e. The molecule has 0 aliphatic heterocycles. The minimum atomic E-state index is 0.300. The zero-order valence-corrected chi connectivity index (χ0v) is 7.66. The van der Waals surface area contributed by atoms with Crippen LogP contribution in [-0.4, -0.2) is 16.7 Å². The van der Waals surface area contributed by atoms with Crippen LogP contribution in [0.4, 0.5) is 6.01 Å². The number of hydrogen-bond acceptors (Lipinski definition) is 5. The van der Waals surface area contributed by atoms with Crippen LogP contribution in [0.1, 0.15) is 19.2 Å². The van der Waals surface area contributed by atoms with Crippen LogP contribution in [0.3, 0.4) is 0 Å². The van der Waals surface area contributed by atoms with Gasteiger partial charge in [-0.2, -0.15) is 0 Å². The fourth-order valence-electron chi connectivity index (χ4n) is 1.31. The Kier molecular flexibility index (Phi) is 2.18. The zero-order valence-electron chi connectivity index (χ0n) is 7.66. The molecule has 2 atom stereocenters. The Bertz CT molecular complexity index is 285. The van der Waals surface area contributed by atoms with Crippen molar-refractivity contribution in [1.29, 1.82) is 0 Å². The monoisotopic (exact) mass is 182 g/mol. The molecule has 2 unspecified atom stereocenters. The largest absolute Gasteiger partial charge is 0.407 e. The zero-order chi connectivity index (χ0) is 9.26. The number of nitrogens with two attached hydrogens (primary N) is 1. The Morgan fingerprint density at radius 3 is 2.92 bits per heavy atom. The van der Waals surface area contributed by atoms with Crippen LogP contribution in [0.5, 0.6) is 0 Å². The van der Waals surface area contributed by atoms with Gasteiger partial charge in [0, 0.05) is 6.54 Å². The summed E-state index contributed by atoms with van der Waals surface area (Å²) in [5.41, 5.74) is 5.33. The van der Waals surface area contributed by atoms with Crippen molar-refractivity contribution in [2.45, 2.75) is 19.9 Å². The highest BCUT2D eigenvalue weighted by molar-refractivity contribution is 5.17. The molecule has 72 valence electrons. The summed E-state index contributed by atoms with van der Waals surface area (Å²) in [4.78, 5) is 0. The van der Waals surface area contributed by atoms with E-state index in [4.69, 9.17) is 10.2 Å². The number of nitrogens with zero attached hydrogens (tertiary/aromatic N) is 2. The molecule has 1 heterocycles. The average molecular weight is 182 g/mol. The summed E-state index contributed by atoms with van der Waals surface area (Å²) in [6.45, 7) is 3.47. The van der Waals surface area contributed by atoms with Gasteiger partial charge >= 0.3 is 6.01 Å². The summed E-state index contributed by atoms with van der Waals surface area (Å²) >= 11 is 0. The number of rotatable bonds is 4. The highest BCUT2D eigenvalue weighted by Crippen LogP contribution is 2.37. The van der Waals surface area contributed by atoms with E-state index in [-0.39, 0.29) is 0 Å². The van der Waals surface area contributed by atoms with Crippen LogP contribution in [0, 0.1) is 11.8 Å². The van der Waals surface area contributed by atoms with Crippen LogP contribution in [0.2, 0.25) is 0 Å². The van der Waals surface area contributed by atoms with Crippen molar-refractivity contribution in [3.63, 3.8) is 0 Å². The van der Waals surface area contributed by atoms with Crippen molar-refractivity contribution < 1.29 is 4.42 Å². The van der Waals surface area contributed by atoms with Crippen LogP contribution >= 0.6 is 0 Å². The Hall–Kier alpha value is -1.10. The summed E-state index contributed by atoms with van der Waals surface area (Å²) < 4.78 is 5.19. The molecular formula is C8H14N4O. The Balaban J connectivity index is 1.80. The lowest BCUT2D eigenvalue weighted by molar-refractivity contribution is 0.506. The molecule has 3 N–H and O–H groups in total. The van der Waals surface area contributed by atoms with Crippen molar-refractivity contribution in [2.75, 3.05) is 11.9 Å². The average Bonchev–Trinajstić information content (AvgIpc) is 2.68. The second kappa shape index (κ2) is 3.33. The molecule has 1 aliphatic rings. The van der Waals surface area contributed by atoms with E-state index >= 15 is 0 Å². The molecule has 1 aromatic heterocycles. The summed E-state index contributed by atoms with van der Waals surface area (Å²) in [6.07, 6.45) is 1.30. The van der Waals surface area contributed by atoms with Gasteiger partial charge in [-0.1, -0.05) is 12.0 Å². The molecule has 2 rings (SSSR count). The Labute approximate surface area is 76.7 Å². The SMILES string of the molecule is CC1CC1CNc1nnc(CN)o1. The van der Waals surface area contributed by atoms with Crippen molar-refractivity contribution in [1.82, 2.24) is 10.2 Å². The van der Waals surface area contributed by atoms with Crippen LogP contribution in [0.15, 0.2) is 4.42 Å². The van der Waals surface area contributed by atoms with E-state index in [0.717, 1.165) is 18.4 Å². The van der Waals surface area contributed by atoms with Gasteiger partial charge in [-0.25, -0.2) is 0 Å². The summed E-state index contributed by atoms with van der Waals surface area (Å²) in [6, 6.07) is 0.486. The van der Waals surface area contributed by atoms with E-state index in [9.17, 15) is 0 Å². The summed E-state index contributed by atoms with van der Waals surface area (Å²) in [7, 11) is 0. The second-order valence-electron chi connectivity index (χ2n) is 3.56. The number of anilines is 1. The first-order chi connectivity index (χ1) is 6.29. The molecule has 0 aromatic carbocycles. The fourth-order valence-corrected chi connectivity index (χ4v) is 1.31. The van der Waals surface area contributed by atoms with E-state index in [1.807, 2.05) is 0 Å². The molecule has 0 bridgehead atoms. The van der Waals surface area contributed by atoms with Crippen LogP contribution in [0.25, 0.3) is 0 Å². The van der Waals surface area contributed by atoms with Crippen molar-refractivity contribution >= 4 is 6.01 Å². The van der Waals surface area contributed by atoms with E-state index in [1.54, 1.807) is 0 Å². The standard InChI is InChI=1S/C8H14N4O/c1-5-2-6(5)4-10-8-12-11-7(3-9)13-8/h5-6H,2-4,9H2,1H3,(H,10,12). The van der Waals surface area contributed by atoms with Crippen LogP contribution < -0.4 is 11.1 Å². The van der Waals surface area contributed by atoms with Crippen molar-refractivity contribution in [2.24, 2.45) is 17.6 Å². The maximum atomic E-state index is 5.33. The summed E-state index contributed by atoms with van der Waals surface area (Å²) in [5, 5.41) is 10.6. The lowest BCUT2D eigenvalue weighted by Gasteiger charge is -1.97. The Morgan fingerprint density at radius 2 is 2.38 bits per heavy atom. The molecule has 0 radical (unpaired) electrons. The Morgan fingerprint density at radius 1 is 1.62 bits per heavy atom. The fraction of sp³-hybridized carbons (Fsp3) is 0.750. The van der Waals surface area contributed by atoms with E-state index in [1.165, 1.54) is 6.42 Å². The van der Waals surface area contributed by atoms with Gasteiger partial charge in [0.05, 0.1) is 6.54 Å². The van der Waals surface area contributed by atoms with Gasteiger partial charge in [0.1, 0.15) is 0 Å². The van der Waals surface area contributed by atoms with Gasteiger partial charge in [-0.05, 0) is 18.3 Å². The highest BCUT2D eigenvalue weighted by atomic mass is 16.4. The molecule has 13 heavy (non-hydrogen) atoms. The van der Waals surface area contributed by atoms with Gasteiger partial charge in [0.15, 0.2) is 0 Å². The third-order valence-corrected chi connectivity index (χ3v) is 2.43. The van der Waals surface area contributed by atoms with Crippen LogP contribution in [-0.2, 0) is 6.54 Å². The predicted octanol–water partition coefficient (Wildman–Crippen LogP) is 0.596. The molecule has 0 saturated heterocycles. The lowest BCUT2D eigenvalue weighted by Crippen LogP contribution is -2.04. The van der Waals surface area contributed by atoms with Crippen molar-refractivity contribution in [3.05, 3.63) is 5.89 Å². The molecule has 1 aromatic rings. The highest BCUT2D eigenvalue weighted by Gasteiger charge is 2.32. The second-order valence-corrected chi connectivity index (χ2v) is 3.56. The quantitative estimate of drug-likeness (QED) is 0.712. The normalized spacial score (nSPS) is 26.0. The maximum absolute atomic E-state index is 5.33. The van der Waals surface area contributed by atoms with Gasteiger partial charge in [0.25, 0.3) is 0 Å². The minimum Gasteiger partial charge on any atom is -0.407 e. The minimum absolute atomic E-state index is 0.300. The lowest BCUT2D eigenvalue weighted by atomic mass is 10.3. The van der Waals surface area contributed by atoms with Gasteiger partial charge < -0.3 is 15.5 Å². The third-order valence-electron chi connectivity index (χ3n) is 2.43. The molecule has 0 amide bonds. The number of aromatic nitrogens is 2. The number of hydrogen-bond donors (Lipinski definition) is 2. The van der Waals surface area contributed by atoms with Gasteiger partial charge in [-0.3, -0.25) is 0 Å². The van der Waals surface area contributed by atoms with Gasteiger partial charge in [-0.15, -0.1) is 5.10 Å². The topological polar surface area (TPSA) is 77.0 Å². The molecule has 5 nitrogen and oxygen atoms in total. The smallest absolute Gasteiger partial charge is 0.315 e. The molecule has 5 heteroatoms. The van der Waals surface area contributed by atoms with E-state index in [2.05, 4.69) is 22.4 Å². The predicted molar refractivity (Wildman–Crippen MR) is 48.0 cm³/mol. The first kappa shape index (κ1) is 8.50. The van der Waals surface area contributed by atoms with Gasteiger partial charge in [0.2, 0.25) is 5.89 Å². The summed E-state index contributed by atoms with van der Waals surface area (Å²) in [5.74, 6) is 2.09. The molecular weight excluding hydrogens is 168 g/mol. The molecule has 1 saturated carbocycles. The molecule has 1 fully saturated rings. The third kappa shape index (κ3) is 1.98. The van der Waals surface area contributed by atoms with Crippen molar-refractivity contribution in [3.8, 4) is 0 Å². The number of nitrogens with one attached hydrogen (secondary N) is 1.